The normalized spacial score (nSPS) is 11.4. The standard InChI is InChI=1S/C12H9F3N2O2/c1-7-6-19-17-10(7)11(18)16-9-4-2-3-8(5-9)12(13,14)15/h2-6H,1H3,(H,16,18). The van der Waals surface area contributed by atoms with Crippen molar-refractivity contribution in [1.82, 2.24) is 5.16 Å². The molecule has 0 aliphatic heterocycles. The molecule has 2 aromatic rings. The number of hydrogen-bond acceptors (Lipinski definition) is 3. The van der Waals surface area contributed by atoms with E-state index in [9.17, 15) is 18.0 Å². The summed E-state index contributed by atoms with van der Waals surface area (Å²) in [6, 6.07) is 4.36. The molecule has 0 atom stereocenters. The van der Waals surface area contributed by atoms with E-state index in [0.717, 1.165) is 12.1 Å². The molecule has 0 spiro atoms. The van der Waals surface area contributed by atoms with Gasteiger partial charge in [0.1, 0.15) is 6.26 Å². The second-order valence-corrected chi connectivity index (χ2v) is 3.88. The lowest BCUT2D eigenvalue weighted by Crippen LogP contribution is -2.14. The molecular weight excluding hydrogens is 261 g/mol. The summed E-state index contributed by atoms with van der Waals surface area (Å²) >= 11 is 0. The van der Waals surface area contributed by atoms with Crippen LogP contribution in [0.3, 0.4) is 0 Å². The van der Waals surface area contributed by atoms with Crippen molar-refractivity contribution in [1.29, 1.82) is 0 Å². The zero-order valence-electron chi connectivity index (χ0n) is 9.78. The van der Waals surface area contributed by atoms with Gasteiger partial charge >= 0.3 is 6.18 Å². The van der Waals surface area contributed by atoms with Crippen molar-refractivity contribution in [3.05, 3.63) is 47.3 Å². The number of rotatable bonds is 2. The van der Waals surface area contributed by atoms with E-state index in [1.807, 2.05) is 0 Å². The highest BCUT2D eigenvalue weighted by molar-refractivity contribution is 6.03. The molecule has 19 heavy (non-hydrogen) atoms. The van der Waals surface area contributed by atoms with Crippen molar-refractivity contribution < 1.29 is 22.5 Å². The topological polar surface area (TPSA) is 55.1 Å². The molecule has 0 saturated carbocycles. The molecule has 1 amide bonds. The molecule has 100 valence electrons. The predicted octanol–water partition coefficient (Wildman–Crippen LogP) is 3.25. The molecule has 0 aliphatic carbocycles. The van der Waals surface area contributed by atoms with Gasteiger partial charge in [0.05, 0.1) is 5.56 Å². The van der Waals surface area contributed by atoms with Gasteiger partial charge in [-0.1, -0.05) is 11.2 Å². The first-order chi connectivity index (χ1) is 8.88. The van der Waals surface area contributed by atoms with Crippen LogP contribution in [0.25, 0.3) is 0 Å². The number of carbonyl (C=O) groups excluding carboxylic acids is 1. The van der Waals surface area contributed by atoms with Crippen molar-refractivity contribution in [2.45, 2.75) is 13.1 Å². The molecule has 0 unspecified atom stereocenters. The summed E-state index contributed by atoms with van der Waals surface area (Å²) in [6.45, 7) is 1.61. The van der Waals surface area contributed by atoms with Gasteiger partial charge in [-0.05, 0) is 25.1 Å². The van der Waals surface area contributed by atoms with E-state index in [-0.39, 0.29) is 11.4 Å². The van der Waals surface area contributed by atoms with E-state index in [2.05, 4.69) is 15.0 Å². The Morgan fingerprint density at radius 1 is 1.37 bits per heavy atom. The molecule has 1 heterocycles. The molecule has 0 aliphatic rings. The van der Waals surface area contributed by atoms with Crippen LogP contribution in [-0.2, 0) is 6.18 Å². The number of anilines is 1. The summed E-state index contributed by atoms with van der Waals surface area (Å²) in [6.07, 6.45) is -3.18. The lowest BCUT2D eigenvalue weighted by atomic mass is 10.2. The molecule has 0 radical (unpaired) electrons. The minimum absolute atomic E-state index is 0.0393. The molecule has 4 nitrogen and oxygen atoms in total. The third-order valence-corrected chi connectivity index (χ3v) is 2.41. The summed E-state index contributed by atoms with van der Waals surface area (Å²) < 4.78 is 42.1. The predicted molar refractivity (Wildman–Crippen MR) is 60.6 cm³/mol. The Bertz CT molecular complexity index is 605. The fraction of sp³-hybridized carbons (Fsp3) is 0.167. The van der Waals surface area contributed by atoms with Gasteiger partial charge < -0.3 is 9.84 Å². The SMILES string of the molecule is Cc1conc1C(=O)Nc1cccc(C(F)(F)F)c1. The van der Waals surface area contributed by atoms with E-state index < -0.39 is 17.6 Å². The first-order valence-electron chi connectivity index (χ1n) is 5.27. The van der Waals surface area contributed by atoms with Gasteiger partial charge in [-0.25, -0.2) is 0 Å². The Kier molecular flexibility index (Phi) is 3.28. The maximum absolute atomic E-state index is 12.5. The van der Waals surface area contributed by atoms with Crippen LogP contribution in [0, 0.1) is 6.92 Å². The first-order valence-corrected chi connectivity index (χ1v) is 5.27. The maximum atomic E-state index is 12.5. The van der Waals surface area contributed by atoms with Crippen LogP contribution in [0.5, 0.6) is 0 Å². The molecule has 1 N–H and O–H groups in total. The molecular formula is C12H9F3N2O2. The second-order valence-electron chi connectivity index (χ2n) is 3.88. The highest BCUT2D eigenvalue weighted by Gasteiger charge is 2.30. The Labute approximate surface area is 106 Å². The first kappa shape index (κ1) is 13.1. The Morgan fingerprint density at radius 3 is 2.68 bits per heavy atom. The van der Waals surface area contributed by atoms with Gasteiger partial charge in [0, 0.05) is 11.3 Å². The average Bonchev–Trinajstić information content (AvgIpc) is 2.75. The van der Waals surface area contributed by atoms with E-state index in [1.54, 1.807) is 6.92 Å². The number of alkyl halides is 3. The van der Waals surface area contributed by atoms with Gasteiger partial charge in [0.15, 0.2) is 5.69 Å². The van der Waals surface area contributed by atoms with E-state index in [0.29, 0.717) is 5.56 Å². The third-order valence-electron chi connectivity index (χ3n) is 2.41. The lowest BCUT2D eigenvalue weighted by molar-refractivity contribution is -0.137. The number of halogens is 3. The highest BCUT2D eigenvalue weighted by Crippen LogP contribution is 2.30. The van der Waals surface area contributed by atoms with E-state index >= 15 is 0 Å². The molecule has 0 saturated heterocycles. The number of nitrogens with zero attached hydrogens (tertiary/aromatic N) is 1. The van der Waals surface area contributed by atoms with Crippen molar-refractivity contribution in [2.24, 2.45) is 0 Å². The maximum Gasteiger partial charge on any atom is 0.416 e. The van der Waals surface area contributed by atoms with Crippen molar-refractivity contribution in [3.63, 3.8) is 0 Å². The molecule has 1 aromatic carbocycles. The monoisotopic (exact) mass is 270 g/mol. The van der Waals surface area contributed by atoms with Crippen LogP contribution in [0.4, 0.5) is 18.9 Å². The van der Waals surface area contributed by atoms with E-state index in [4.69, 9.17) is 0 Å². The van der Waals surface area contributed by atoms with Crippen LogP contribution in [0.1, 0.15) is 21.6 Å². The number of carbonyl (C=O) groups is 1. The van der Waals surface area contributed by atoms with Gasteiger partial charge in [-0.3, -0.25) is 4.79 Å². The van der Waals surface area contributed by atoms with Crippen LogP contribution in [0.2, 0.25) is 0 Å². The number of benzene rings is 1. The Morgan fingerprint density at radius 2 is 2.11 bits per heavy atom. The van der Waals surface area contributed by atoms with Crippen molar-refractivity contribution >= 4 is 11.6 Å². The van der Waals surface area contributed by atoms with Gasteiger partial charge in [-0.15, -0.1) is 0 Å². The second kappa shape index (κ2) is 4.75. The molecule has 1 aromatic heterocycles. The summed E-state index contributed by atoms with van der Waals surface area (Å²) in [4.78, 5) is 11.7. The van der Waals surface area contributed by atoms with Crippen molar-refractivity contribution in [2.75, 3.05) is 5.32 Å². The van der Waals surface area contributed by atoms with E-state index in [1.165, 1.54) is 18.4 Å². The molecule has 0 fully saturated rings. The number of amides is 1. The minimum Gasteiger partial charge on any atom is -0.364 e. The Balaban J connectivity index is 2.21. The van der Waals surface area contributed by atoms with Gasteiger partial charge in [-0.2, -0.15) is 13.2 Å². The average molecular weight is 270 g/mol. The van der Waals surface area contributed by atoms with Crippen LogP contribution in [0.15, 0.2) is 35.1 Å². The number of nitrogens with one attached hydrogen (secondary N) is 1. The number of aryl methyl sites for hydroxylation is 1. The quantitative estimate of drug-likeness (QED) is 0.911. The smallest absolute Gasteiger partial charge is 0.364 e. The van der Waals surface area contributed by atoms with Gasteiger partial charge in [0.2, 0.25) is 0 Å². The Hall–Kier alpha value is -2.31. The third kappa shape index (κ3) is 2.93. The summed E-state index contributed by atoms with van der Waals surface area (Å²) in [7, 11) is 0. The zero-order chi connectivity index (χ0) is 14.0. The largest absolute Gasteiger partial charge is 0.416 e. The zero-order valence-corrected chi connectivity index (χ0v) is 9.78. The fourth-order valence-electron chi connectivity index (χ4n) is 1.47. The molecule has 0 bridgehead atoms. The summed E-state index contributed by atoms with van der Waals surface area (Å²) in [5, 5.41) is 5.81. The number of hydrogen-bond donors (Lipinski definition) is 1. The highest BCUT2D eigenvalue weighted by atomic mass is 19.4. The summed E-state index contributed by atoms with van der Waals surface area (Å²) in [5.74, 6) is -0.620. The number of aromatic nitrogens is 1. The lowest BCUT2D eigenvalue weighted by Gasteiger charge is -2.09. The van der Waals surface area contributed by atoms with Crippen LogP contribution < -0.4 is 5.32 Å². The minimum atomic E-state index is -4.45. The fourth-order valence-corrected chi connectivity index (χ4v) is 1.47. The van der Waals surface area contributed by atoms with Gasteiger partial charge in [0.25, 0.3) is 5.91 Å². The molecule has 7 heteroatoms. The van der Waals surface area contributed by atoms with Crippen LogP contribution in [-0.4, -0.2) is 11.1 Å². The van der Waals surface area contributed by atoms with Crippen LogP contribution >= 0.6 is 0 Å². The van der Waals surface area contributed by atoms with Crippen molar-refractivity contribution in [3.8, 4) is 0 Å². The summed E-state index contributed by atoms with van der Waals surface area (Å²) in [5.41, 5.74) is -0.244. The molecule has 2 rings (SSSR count).